The summed E-state index contributed by atoms with van der Waals surface area (Å²) in [7, 11) is 2.91. The second-order valence-corrected chi connectivity index (χ2v) is 5.46. The van der Waals surface area contributed by atoms with E-state index in [1.54, 1.807) is 33.8 Å². The van der Waals surface area contributed by atoms with Crippen LogP contribution in [0.5, 0.6) is 11.5 Å². The van der Waals surface area contributed by atoms with Gasteiger partial charge in [-0.2, -0.15) is 0 Å². The molecular formula is C15H21NO5. The van der Waals surface area contributed by atoms with Crippen LogP contribution in [0.4, 0.5) is 10.5 Å². The van der Waals surface area contributed by atoms with Crippen molar-refractivity contribution in [1.29, 1.82) is 0 Å². The van der Waals surface area contributed by atoms with Crippen molar-refractivity contribution in [2.45, 2.75) is 33.3 Å². The predicted octanol–water partition coefficient (Wildman–Crippen LogP) is 3.17. The minimum atomic E-state index is -0.670. The molecule has 1 N–H and O–H groups in total. The Labute approximate surface area is 124 Å². The van der Waals surface area contributed by atoms with E-state index >= 15 is 0 Å². The van der Waals surface area contributed by atoms with Crippen LogP contribution in [0.15, 0.2) is 6.07 Å². The van der Waals surface area contributed by atoms with Gasteiger partial charge in [-0.3, -0.25) is 10.1 Å². The quantitative estimate of drug-likeness (QED) is 0.864. The molecule has 0 fully saturated rings. The Balaban J connectivity index is 3.28. The second kappa shape index (κ2) is 6.47. The van der Waals surface area contributed by atoms with E-state index in [1.165, 1.54) is 14.2 Å². The smallest absolute Gasteiger partial charge is 0.412 e. The number of aryl methyl sites for hydroxylation is 1. The average molecular weight is 295 g/mol. The molecule has 0 atom stereocenters. The lowest BCUT2D eigenvalue weighted by Crippen LogP contribution is -2.27. The van der Waals surface area contributed by atoms with Crippen LogP contribution in [-0.4, -0.2) is 32.2 Å². The van der Waals surface area contributed by atoms with Crippen LogP contribution in [-0.2, 0) is 4.74 Å². The molecule has 0 saturated carbocycles. The van der Waals surface area contributed by atoms with E-state index in [-0.39, 0.29) is 11.4 Å². The largest absolute Gasteiger partial charge is 0.493 e. The third kappa shape index (κ3) is 4.11. The van der Waals surface area contributed by atoms with Crippen LogP contribution in [0.3, 0.4) is 0 Å². The number of hydrogen-bond acceptors (Lipinski definition) is 5. The van der Waals surface area contributed by atoms with Crippen LogP contribution in [0.1, 0.15) is 36.7 Å². The fraction of sp³-hybridized carbons (Fsp3) is 0.467. The van der Waals surface area contributed by atoms with Crippen molar-refractivity contribution in [3.8, 4) is 11.5 Å². The molecule has 6 heteroatoms. The third-order valence-corrected chi connectivity index (χ3v) is 2.66. The molecule has 0 saturated heterocycles. The van der Waals surface area contributed by atoms with Crippen LogP contribution < -0.4 is 14.8 Å². The van der Waals surface area contributed by atoms with Gasteiger partial charge in [-0.1, -0.05) is 0 Å². The average Bonchev–Trinajstić information content (AvgIpc) is 2.36. The fourth-order valence-corrected chi connectivity index (χ4v) is 1.82. The van der Waals surface area contributed by atoms with Gasteiger partial charge in [0.25, 0.3) is 0 Å². The Bertz CT molecular complexity index is 546. The molecule has 0 aliphatic carbocycles. The van der Waals surface area contributed by atoms with E-state index in [9.17, 15) is 9.59 Å². The highest BCUT2D eigenvalue weighted by Gasteiger charge is 2.22. The number of hydrogen-bond donors (Lipinski definition) is 1. The number of carbonyl (C=O) groups excluding carboxylic acids is 2. The summed E-state index contributed by atoms with van der Waals surface area (Å²) in [6.07, 6.45) is -0.0131. The summed E-state index contributed by atoms with van der Waals surface area (Å²) in [5, 5.41) is 2.56. The predicted molar refractivity (Wildman–Crippen MR) is 79.5 cm³/mol. The zero-order valence-corrected chi connectivity index (χ0v) is 13.2. The maximum atomic E-state index is 11.9. The maximum absolute atomic E-state index is 11.9. The molecule has 116 valence electrons. The van der Waals surface area contributed by atoms with Crippen molar-refractivity contribution >= 4 is 18.1 Å². The van der Waals surface area contributed by atoms with Crippen LogP contribution >= 0.6 is 0 Å². The number of aldehydes is 1. The van der Waals surface area contributed by atoms with Gasteiger partial charge in [0, 0.05) is 5.56 Å². The highest BCUT2D eigenvalue weighted by atomic mass is 16.6. The molecule has 1 aromatic rings. The lowest BCUT2D eigenvalue weighted by molar-refractivity contribution is 0.0635. The van der Waals surface area contributed by atoms with Gasteiger partial charge in [0.2, 0.25) is 0 Å². The molecule has 21 heavy (non-hydrogen) atoms. The normalized spacial score (nSPS) is 10.8. The van der Waals surface area contributed by atoms with Crippen molar-refractivity contribution in [3.05, 3.63) is 17.2 Å². The van der Waals surface area contributed by atoms with Gasteiger partial charge in [0.05, 0.1) is 14.2 Å². The zero-order valence-electron chi connectivity index (χ0n) is 13.2. The molecule has 0 aliphatic heterocycles. The summed E-state index contributed by atoms with van der Waals surface area (Å²) in [5.41, 5.74) is 0.567. The molecule has 1 rings (SSSR count). The number of amides is 1. The van der Waals surface area contributed by atoms with Gasteiger partial charge in [0.1, 0.15) is 11.3 Å². The van der Waals surface area contributed by atoms with Crippen LogP contribution in [0.2, 0.25) is 0 Å². The van der Waals surface area contributed by atoms with Gasteiger partial charge < -0.3 is 14.2 Å². The molecule has 0 bridgehead atoms. The van der Waals surface area contributed by atoms with Gasteiger partial charge in [-0.25, -0.2) is 4.79 Å². The molecule has 1 amide bonds. The number of rotatable bonds is 4. The molecule has 0 aromatic heterocycles. The van der Waals surface area contributed by atoms with Gasteiger partial charge in [-0.15, -0.1) is 0 Å². The van der Waals surface area contributed by atoms with Crippen molar-refractivity contribution in [2.75, 3.05) is 19.5 Å². The molecule has 1 aromatic carbocycles. The summed E-state index contributed by atoms with van der Waals surface area (Å²) in [6.45, 7) is 7.00. The second-order valence-electron chi connectivity index (χ2n) is 5.46. The van der Waals surface area contributed by atoms with E-state index < -0.39 is 11.7 Å². The first-order valence-corrected chi connectivity index (χ1v) is 6.44. The van der Waals surface area contributed by atoms with Crippen LogP contribution in [0.25, 0.3) is 0 Å². The zero-order chi connectivity index (χ0) is 16.2. The van der Waals surface area contributed by atoms with Crippen molar-refractivity contribution in [1.82, 2.24) is 0 Å². The topological polar surface area (TPSA) is 73.9 Å². The number of methoxy groups -OCH3 is 2. The highest BCUT2D eigenvalue weighted by molar-refractivity contribution is 5.98. The number of benzene rings is 1. The minimum Gasteiger partial charge on any atom is -0.493 e. The Morgan fingerprint density at radius 1 is 1.24 bits per heavy atom. The Morgan fingerprint density at radius 3 is 2.29 bits per heavy atom. The van der Waals surface area contributed by atoms with E-state index in [1.807, 2.05) is 0 Å². The number of carbonyl (C=O) groups is 2. The highest BCUT2D eigenvalue weighted by Crippen LogP contribution is 2.39. The first-order chi connectivity index (χ1) is 9.73. The Kier molecular flexibility index (Phi) is 5.18. The molecule has 0 radical (unpaired) electrons. The maximum Gasteiger partial charge on any atom is 0.412 e. The van der Waals surface area contributed by atoms with E-state index in [0.717, 1.165) is 0 Å². The molecule has 0 heterocycles. The number of anilines is 1. The van der Waals surface area contributed by atoms with E-state index in [0.29, 0.717) is 23.2 Å². The molecule has 0 aliphatic rings. The molecule has 6 nitrogen and oxygen atoms in total. The first kappa shape index (κ1) is 16.8. The summed E-state index contributed by atoms with van der Waals surface area (Å²) in [4.78, 5) is 23.2. The number of ether oxygens (including phenoxy) is 3. The summed E-state index contributed by atoms with van der Waals surface area (Å²) in [5.74, 6) is 0.697. The Hall–Kier alpha value is -2.24. The van der Waals surface area contributed by atoms with Gasteiger partial charge in [-0.05, 0) is 39.3 Å². The Morgan fingerprint density at radius 2 is 1.86 bits per heavy atom. The lowest BCUT2D eigenvalue weighted by Gasteiger charge is -2.22. The van der Waals surface area contributed by atoms with Crippen molar-refractivity contribution < 1.29 is 23.8 Å². The van der Waals surface area contributed by atoms with Crippen molar-refractivity contribution in [2.24, 2.45) is 0 Å². The van der Waals surface area contributed by atoms with E-state index in [2.05, 4.69) is 5.32 Å². The summed E-state index contributed by atoms with van der Waals surface area (Å²) >= 11 is 0. The monoisotopic (exact) mass is 295 g/mol. The molecular weight excluding hydrogens is 274 g/mol. The SMILES string of the molecule is COc1cc(C)c(C=O)c(NC(=O)OC(C)(C)C)c1OC. The summed E-state index contributed by atoms with van der Waals surface area (Å²) in [6, 6.07) is 1.67. The lowest BCUT2D eigenvalue weighted by atomic mass is 10.1. The van der Waals surface area contributed by atoms with E-state index in [4.69, 9.17) is 14.2 Å². The van der Waals surface area contributed by atoms with Crippen molar-refractivity contribution in [3.63, 3.8) is 0 Å². The van der Waals surface area contributed by atoms with Gasteiger partial charge >= 0.3 is 6.09 Å². The first-order valence-electron chi connectivity index (χ1n) is 6.44. The molecule has 0 unspecified atom stereocenters. The van der Waals surface area contributed by atoms with Gasteiger partial charge in [0.15, 0.2) is 17.8 Å². The molecule has 0 spiro atoms. The summed E-state index contributed by atoms with van der Waals surface area (Å²) < 4.78 is 15.6. The minimum absolute atomic E-state index is 0.235. The third-order valence-electron chi connectivity index (χ3n) is 2.66. The van der Waals surface area contributed by atoms with Crippen LogP contribution in [0, 0.1) is 6.92 Å². The standard InChI is InChI=1S/C15H21NO5/c1-9-7-11(19-5)13(20-6)12(10(9)8-17)16-14(18)21-15(2,3)4/h7-8H,1-6H3,(H,16,18). The number of nitrogens with one attached hydrogen (secondary N) is 1. The fourth-order valence-electron chi connectivity index (χ4n) is 1.82.